The van der Waals surface area contributed by atoms with Crippen LogP contribution in [0, 0.1) is 6.92 Å². The Morgan fingerprint density at radius 2 is 1.89 bits per heavy atom. The SMILES string of the molecule is Cc1c(Br)cccc1C(Cc1cccc(Br)c1)NN. The van der Waals surface area contributed by atoms with Gasteiger partial charge < -0.3 is 0 Å². The molecule has 0 aromatic heterocycles. The lowest BCUT2D eigenvalue weighted by atomic mass is 9.96. The quantitative estimate of drug-likeness (QED) is 0.611. The van der Waals surface area contributed by atoms with Crippen molar-refractivity contribution in [2.24, 2.45) is 5.84 Å². The first-order valence-corrected chi connectivity index (χ1v) is 7.66. The van der Waals surface area contributed by atoms with Crippen LogP contribution < -0.4 is 11.3 Å². The van der Waals surface area contributed by atoms with Crippen LogP contribution in [0.3, 0.4) is 0 Å². The Balaban J connectivity index is 2.28. The molecule has 2 nitrogen and oxygen atoms in total. The van der Waals surface area contributed by atoms with Gasteiger partial charge >= 0.3 is 0 Å². The lowest BCUT2D eigenvalue weighted by molar-refractivity contribution is 0.549. The largest absolute Gasteiger partial charge is 0.271 e. The summed E-state index contributed by atoms with van der Waals surface area (Å²) in [6.07, 6.45) is 0.854. The van der Waals surface area contributed by atoms with Crippen LogP contribution in [-0.2, 0) is 6.42 Å². The third-order valence-corrected chi connectivity index (χ3v) is 4.57. The van der Waals surface area contributed by atoms with E-state index < -0.39 is 0 Å². The minimum atomic E-state index is 0.104. The van der Waals surface area contributed by atoms with Gasteiger partial charge in [-0.2, -0.15) is 0 Å². The van der Waals surface area contributed by atoms with Crippen molar-refractivity contribution in [3.8, 4) is 0 Å². The molecule has 1 atom stereocenters. The zero-order valence-electron chi connectivity index (χ0n) is 10.7. The molecule has 0 saturated heterocycles. The van der Waals surface area contributed by atoms with Crippen LogP contribution in [-0.4, -0.2) is 0 Å². The molecule has 0 radical (unpaired) electrons. The summed E-state index contributed by atoms with van der Waals surface area (Å²) >= 11 is 7.06. The van der Waals surface area contributed by atoms with Crippen LogP contribution in [0.2, 0.25) is 0 Å². The van der Waals surface area contributed by atoms with E-state index in [4.69, 9.17) is 5.84 Å². The number of halogens is 2. The van der Waals surface area contributed by atoms with E-state index in [1.165, 1.54) is 16.7 Å². The minimum absolute atomic E-state index is 0.104. The molecule has 3 N–H and O–H groups in total. The van der Waals surface area contributed by atoms with Gasteiger partial charge in [0.15, 0.2) is 0 Å². The molecular formula is C15H16Br2N2. The molecular weight excluding hydrogens is 368 g/mol. The molecule has 0 saturated carbocycles. The second-order valence-corrected chi connectivity index (χ2v) is 6.28. The first-order valence-electron chi connectivity index (χ1n) is 6.07. The molecule has 0 spiro atoms. The maximum absolute atomic E-state index is 5.73. The number of hydrogen-bond donors (Lipinski definition) is 2. The average molecular weight is 384 g/mol. The van der Waals surface area contributed by atoms with Crippen LogP contribution in [0.25, 0.3) is 0 Å². The van der Waals surface area contributed by atoms with Crippen molar-refractivity contribution in [3.05, 3.63) is 68.1 Å². The molecule has 2 aromatic rings. The van der Waals surface area contributed by atoms with Crippen molar-refractivity contribution >= 4 is 31.9 Å². The molecule has 0 heterocycles. The maximum Gasteiger partial charge on any atom is 0.0503 e. The first-order chi connectivity index (χ1) is 9.11. The van der Waals surface area contributed by atoms with Crippen LogP contribution in [0.4, 0.5) is 0 Å². The number of hydrazine groups is 1. The van der Waals surface area contributed by atoms with Crippen LogP contribution in [0.5, 0.6) is 0 Å². The number of rotatable bonds is 4. The zero-order valence-corrected chi connectivity index (χ0v) is 13.8. The number of benzene rings is 2. The van der Waals surface area contributed by atoms with Crippen molar-refractivity contribution in [2.75, 3.05) is 0 Å². The summed E-state index contributed by atoms with van der Waals surface area (Å²) in [4.78, 5) is 0. The molecule has 2 aromatic carbocycles. The molecule has 0 amide bonds. The van der Waals surface area contributed by atoms with Crippen LogP contribution >= 0.6 is 31.9 Å². The molecule has 4 heteroatoms. The molecule has 100 valence electrons. The smallest absolute Gasteiger partial charge is 0.0503 e. The second-order valence-electron chi connectivity index (χ2n) is 4.51. The van der Waals surface area contributed by atoms with E-state index in [2.05, 4.69) is 62.4 Å². The van der Waals surface area contributed by atoms with Crippen molar-refractivity contribution < 1.29 is 0 Å². The van der Waals surface area contributed by atoms with Crippen LogP contribution in [0.1, 0.15) is 22.7 Å². The van der Waals surface area contributed by atoms with Gasteiger partial charge in [-0.05, 0) is 48.2 Å². The normalized spacial score (nSPS) is 12.4. The topological polar surface area (TPSA) is 38.0 Å². The van der Waals surface area contributed by atoms with Gasteiger partial charge in [-0.15, -0.1) is 0 Å². The summed E-state index contributed by atoms with van der Waals surface area (Å²) < 4.78 is 2.20. The van der Waals surface area contributed by atoms with Gasteiger partial charge in [-0.3, -0.25) is 11.3 Å². The van der Waals surface area contributed by atoms with Gasteiger partial charge in [0.25, 0.3) is 0 Å². The highest BCUT2D eigenvalue weighted by Gasteiger charge is 2.14. The molecule has 2 rings (SSSR count). The van der Waals surface area contributed by atoms with E-state index in [9.17, 15) is 0 Å². The van der Waals surface area contributed by atoms with Gasteiger partial charge in [-0.1, -0.05) is 56.1 Å². The predicted molar refractivity (Wildman–Crippen MR) is 86.8 cm³/mol. The average Bonchev–Trinajstić information content (AvgIpc) is 2.40. The zero-order chi connectivity index (χ0) is 13.8. The Kier molecular flexibility index (Phi) is 5.16. The molecule has 0 bridgehead atoms. The Morgan fingerprint density at radius 3 is 2.58 bits per heavy atom. The van der Waals surface area contributed by atoms with Crippen molar-refractivity contribution in [3.63, 3.8) is 0 Å². The van der Waals surface area contributed by atoms with E-state index in [0.717, 1.165) is 15.4 Å². The van der Waals surface area contributed by atoms with Gasteiger partial charge in [0.2, 0.25) is 0 Å². The number of hydrogen-bond acceptors (Lipinski definition) is 2. The summed E-state index contributed by atoms with van der Waals surface area (Å²) in [6.45, 7) is 2.10. The Labute approximate surface area is 130 Å². The summed E-state index contributed by atoms with van der Waals surface area (Å²) in [5.41, 5.74) is 6.61. The van der Waals surface area contributed by atoms with E-state index in [1.54, 1.807) is 0 Å². The van der Waals surface area contributed by atoms with Crippen molar-refractivity contribution in [1.82, 2.24) is 5.43 Å². The van der Waals surface area contributed by atoms with Gasteiger partial charge in [0.1, 0.15) is 0 Å². The lowest BCUT2D eigenvalue weighted by Crippen LogP contribution is -2.30. The predicted octanol–water partition coefficient (Wildman–Crippen LogP) is 4.27. The monoisotopic (exact) mass is 382 g/mol. The molecule has 0 fully saturated rings. The highest BCUT2D eigenvalue weighted by Crippen LogP contribution is 2.27. The van der Waals surface area contributed by atoms with Crippen molar-refractivity contribution in [1.29, 1.82) is 0 Å². The van der Waals surface area contributed by atoms with E-state index in [0.29, 0.717) is 0 Å². The Bertz CT molecular complexity index is 570. The minimum Gasteiger partial charge on any atom is -0.271 e. The fraction of sp³-hybridized carbons (Fsp3) is 0.200. The highest BCUT2D eigenvalue weighted by molar-refractivity contribution is 9.10. The summed E-state index contributed by atoms with van der Waals surface area (Å²) in [7, 11) is 0. The van der Waals surface area contributed by atoms with Gasteiger partial charge in [0, 0.05) is 8.95 Å². The summed E-state index contributed by atoms with van der Waals surface area (Å²) in [6, 6.07) is 14.6. The van der Waals surface area contributed by atoms with E-state index in [1.807, 2.05) is 24.3 Å². The lowest BCUT2D eigenvalue weighted by Gasteiger charge is -2.19. The third-order valence-electron chi connectivity index (χ3n) is 3.22. The Morgan fingerprint density at radius 1 is 1.16 bits per heavy atom. The first kappa shape index (κ1) is 14.7. The summed E-state index contributed by atoms with van der Waals surface area (Å²) in [5, 5.41) is 0. The molecule has 0 aliphatic carbocycles. The summed E-state index contributed by atoms with van der Waals surface area (Å²) in [5.74, 6) is 5.73. The highest BCUT2D eigenvalue weighted by atomic mass is 79.9. The van der Waals surface area contributed by atoms with E-state index >= 15 is 0 Å². The van der Waals surface area contributed by atoms with Gasteiger partial charge in [-0.25, -0.2) is 0 Å². The number of nitrogens with two attached hydrogens (primary N) is 1. The van der Waals surface area contributed by atoms with Gasteiger partial charge in [0.05, 0.1) is 6.04 Å². The molecule has 19 heavy (non-hydrogen) atoms. The maximum atomic E-state index is 5.73. The standard InChI is InChI=1S/C15H16Br2N2/c1-10-13(6-3-7-14(10)17)15(19-18)9-11-4-2-5-12(16)8-11/h2-8,15,19H,9,18H2,1H3. The fourth-order valence-electron chi connectivity index (χ4n) is 2.16. The Hall–Kier alpha value is -0.680. The third kappa shape index (κ3) is 3.66. The van der Waals surface area contributed by atoms with E-state index in [-0.39, 0.29) is 6.04 Å². The number of nitrogens with one attached hydrogen (secondary N) is 1. The second kappa shape index (κ2) is 6.66. The molecule has 0 aliphatic rings. The molecule has 1 unspecified atom stereocenters. The van der Waals surface area contributed by atoms with Crippen molar-refractivity contribution in [2.45, 2.75) is 19.4 Å². The fourth-order valence-corrected chi connectivity index (χ4v) is 2.99. The molecule has 0 aliphatic heterocycles. The van der Waals surface area contributed by atoms with Crippen LogP contribution in [0.15, 0.2) is 51.4 Å².